The summed E-state index contributed by atoms with van der Waals surface area (Å²) in [5, 5.41) is 9.83. The Morgan fingerprint density at radius 1 is 1.33 bits per heavy atom. The van der Waals surface area contributed by atoms with Crippen LogP contribution in [0.3, 0.4) is 0 Å². The molecule has 1 aromatic carbocycles. The van der Waals surface area contributed by atoms with E-state index in [1.165, 1.54) is 33.3 Å². The highest BCUT2D eigenvalue weighted by atomic mass is 16.6. The predicted octanol–water partition coefficient (Wildman–Crippen LogP) is 1.08. The molecule has 0 saturated heterocycles. The molecule has 0 radical (unpaired) electrons. The highest BCUT2D eigenvalue weighted by Gasteiger charge is 2.47. The number of ether oxygens (including phenoxy) is 3. The van der Waals surface area contributed by atoms with Crippen LogP contribution in [0.5, 0.6) is 11.5 Å². The smallest absolute Gasteiger partial charge is 0.343 e. The SMILES string of the molecule is COC(=O)CC1(C)OC(=O)c2c(O)cc(OC)cc2C1=O. The number of ketones is 1. The molecule has 0 spiro atoms. The number of carbonyl (C=O) groups is 3. The molecule has 0 fully saturated rings. The summed E-state index contributed by atoms with van der Waals surface area (Å²) in [4.78, 5) is 35.9. The Labute approximate surface area is 120 Å². The van der Waals surface area contributed by atoms with Crippen LogP contribution in [0.4, 0.5) is 0 Å². The second-order valence-electron chi connectivity index (χ2n) is 4.77. The number of rotatable bonds is 3. The van der Waals surface area contributed by atoms with E-state index in [1.54, 1.807) is 0 Å². The Balaban J connectivity index is 2.54. The Hall–Kier alpha value is -2.57. The molecule has 112 valence electrons. The molecule has 21 heavy (non-hydrogen) atoms. The summed E-state index contributed by atoms with van der Waals surface area (Å²) in [5.74, 6) is -2.36. The van der Waals surface area contributed by atoms with Crippen LogP contribution in [0.2, 0.25) is 0 Å². The molecule has 0 saturated carbocycles. The van der Waals surface area contributed by atoms with Crippen molar-refractivity contribution in [2.24, 2.45) is 0 Å². The van der Waals surface area contributed by atoms with Crippen molar-refractivity contribution < 1.29 is 33.7 Å². The lowest BCUT2D eigenvalue weighted by molar-refractivity contribution is -0.144. The third-order valence-corrected chi connectivity index (χ3v) is 3.28. The fraction of sp³-hybridized carbons (Fsp3) is 0.357. The van der Waals surface area contributed by atoms with Crippen LogP contribution in [0, 0.1) is 0 Å². The van der Waals surface area contributed by atoms with Gasteiger partial charge in [-0.3, -0.25) is 9.59 Å². The van der Waals surface area contributed by atoms with Gasteiger partial charge in [0.15, 0.2) is 5.60 Å². The van der Waals surface area contributed by atoms with Crippen LogP contribution < -0.4 is 4.74 Å². The fourth-order valence-corrected chi connectivity index (χ4v) is 2.16. The highest BCUT2D eigenvalue weighted by molar-refractivity contribution is 6.16. The maximum absolute atomic E-state index is 12.5. The molecule has 1 heterocycles. The van der Waals surface area contributed by atoms with Crippen molar-refractivity contribution in [2.75, 3.05) is 14.2 Å². The van der Waals surface area contributed by atoms with Gasteiger partial charge >= 0.3 is 11.9 Å². The first kappa shape index (κ1) is 14.8. The number of aromatic hydroxyl groups is 1. The average Bonchev–Trinajstić information content (AvgIpc) is 2.43. The molecule has 1 atom stereocenters. The third-order valence-electron chi connectivity index (χ3n) is 3.28. The summed E-state index contributed by atoms with van der Waals surface area (Å²) < 4.78 is 14.5. The first-order valence-electron chi connectivity index (χ1n) is 6.08. The number of hydrogen-bond donors (Lipinski definition) is 1. The number of Topliss-reactive ketones (excluding diaryl/α,β-unsaturated/α-hetero) is 1. The van der Waals surface area contributed by atoms with Gasteiger partial charge in [-0.15, -0.1) is 0 Å². The number of methoxy groups -OCH3 is 2. The molecule has 0 aromatic heterocycles. The number of cyclic esters (lactones) is 1. The summed E-state index contributed by atoms with van der Waals surface area (Å²) in [7, 11) is 2.53. The zero-order chi connectivity index (χ0) is 15.8. The number of benzene rings is 1. The molecule has 0 aliphatic carbocycles. The predicted molar refractivity (Wildman–Crippen MR) is 69.4 cm³/mol. The van der Waals surface area contributed by atoms with E-state index in [2.05, 4.69) is 4.74 Å². The van der Waals surface area contributed by atoms with Crippen LogP contribution >= 0.6 is 0 Å². The molecule has 1 N–H and O–H groups in total. The van der Waals surface area contributed by atoms with Crippen molar-refractivity contribution in [1.29, 1.82) is 0 Å². The van der Waals surface area contributed by atoms with Gasteiger partial charge in [0, 0.05) is 11.6 Å². The summed E-state index contributed by atoms with van der Waals surface area (Å²) in [6.07, 6.45) is -0.411. The Morgan fingerprint density at radius 3 is 2.57 bits per heavy atom. The number of carbonyl (C=O) groups excluding carboxylic acids is 3. The Bertz CT molecular complexity index is 634. The second kappa shape index (κ2) is 5.08. The molecule has 0 bridgehead atoms. The molecule has 7 heteroatoms. The number of hydrogen-bond acceptors (Lipinski definition) is 7. The minimum atomic E-state index is -1.67. The Kier molecular flexibility index (Phi) is 3.59. The van der Waals surface area contributed by atoms with E-state index in [9.17, 15) is 19.5 Å². The standard InChI is InChI=1S/C14H14O7/c1-14(6-10(16)20-3)12(17)8-4-7(19-2)5-9(15)11(8)13(18)21-14/h4-5,15H,6H2,1-3H3. The van der Waals surface area contributed by atoms with Crippen LogP contribution in [-0.4, -0.2) is 42.6 Å². The summed E-state index contributed by atoms with van der Waals surface area (Å²) in [6, 6.07) is 2.53. The van der Waals surface area contributed by atoms with E-state index in [-0.39, 0.29) is 16.9 Å². The molecule has 0 amide bonds. The highest BCUT2D eigenvalue weighted by Crippen LogP contribution is 2.37. The van der Waals surface area contributed by atoms with E-state index in [1.807, 2.05) is 0 Å². The maximum Gasteiger partial charge on any atom is 0.343 e. The van der Waals surface area contributed by atoms with Crippen molar-refractivity contribution in [3.05, 3.63) is 23.3 Å². The van der Waals surface area contributed by atoms with Gasteiger partial charge in [0.1, 0.15) is 17.1 Å². The van der Waals surface area contributed by atoms with Gasteiger partial charge in [0.2, 0.25) is 5.78 Å². The molecular formula is C14H14O7. The third kappa shape index (κ3) is 2.42. The normalized spacial score (nSPS) is 20.5. The van der Waals surface area contributed by atoms with Gasteiger partial charge in [-0.2, -0.15) is 0 Å². The lowest BCUT2D eigenvalue weighted by Gasteiger charge is -2.32. The molecule has 1 aliphatic rings. The topological polar surface area (TPSA) is 99.1 Å². The van der Waals surface area contributed by atoms with Crippen LogP contribution in [-0.2, 0) is 14.3 Å². The lowest BCUT2D eigenvalue weighted by Crippen LogP contribution is -2.46. The van der Waals surface area contributed by atoms with Gasteiger partial charge in [0.05, 0.1) is 20.6 Å². The fourth-order valence-electron chi connectivity index (χ4n) is 2.16. The molecular weight excluding hydrogens is 280 g/mol. The maximum atomic E-state index is 12.5. The molecule has 1 unspecified atom stereocenters. The lowest BCUT2D eigenvalue weighted by atomic mass is 9.85. The summed E-state index contributed by atoms with van der Waals surface area (Å²) in [6.45, 7) is 1.32. The molecule has 1 aromatic rings. The van der Waals surface area contributed by atoms with Crippen LogP contribution in [0.1, 0.15) is 34.1 Å². The monoisotopic (exact) mass is 294 g/mol. The zero-order valence-corrected chi connectivity index (χ0v) is 11.8. The zero-order valence-electron chi connectivity index (χ0n) is 11.8. The van der Waals surface area contributed by atoms with Crippen molar-refractivity contribution >= 4 is 17.7 Å². The summed E-state index contributed by atoms with van der Waals surface area (Å²) in [5.41, 5.74) is -1.95. The van der Waals surface area contributed by atoms with Gasteiger partial charge in [-0.05, 0) is 13.0 Å². The van der Waals surface area contributed by atoms with Crippen molar-refractivity contribution in [3.63, 3.8) is 0 Å². The quantitative estimate of drug-likeness (QED) is 0.832. The molecule has 2 rings (SSSR count). The first-order chi connectivity index (χ1) is 9.82. The van der Waals surface area contributed by atoms with E-state index < -0.39 is 35.5 Å². The molecule has 1 aliphatic heterocycles. The number of esters is 2. The summed E-state index contributed by atoms with van der Waals surface area (Å²) >= 11 is 0. The van der Waals surface area contributed by atoms with E-state index in [4.69, 9.17) is 9.47 Å². The van der Waals surface area contributed by atoms with E-state index in [0.29, 0.717) is 0 Å². The van der Waals surface area contributed by atoms with Crippen molar-refractivity contribution in [3.8, 4) is 11.5 Å². The van der Waals surface area contributed by atoms with Crippen molar-refractivity contribution in [1.82, 2.24) is 0 Å². The Morgan fingerprint density at radius 2 is 2.00 bits per heavy atom. The van der Waals surface area contributed by atoms with Crippen LogP contribution in [0.25, 0.3) is 0 Å². The largest absolute Gasteiger partial charge is 0.507 e. The molecule has 7 nitrogen and oxygen atoms in total. The van der Waals surface area contributed by atoms with E-state index >= 15 is 0 Å². The van der Waals surface area contributed by atoms with Gasteiger partial charge in [0.25, 0.3) is 0 Å². The van der Waals surface area contributed by atoms with E-state index in [0.717, 1.165) is 0 Å². The van der Waals surface area contributed by atoms with Gasteiger partial charge in [-0.25, -0.2) is 4.79 Å². The van der Waals surface area contributed by atoms with Crippen LogP contribution in [0.15, 0.2) is 12.1 Å². The first-order valence-corrected chi connectivity index (χ1v) is 6.08. The minimum absolute atomic E-state index is 0.0468. The second-order valence-corrected chi connectivity index (χ2v) is 4.77. The number of phenolic OH excluding ortho intramolecular Hbond substituents is 1. The van der Waals surface area contributed by atoms with Gasteiger partial charge < -0.3 is 19.3 Å². The average molecular weight is 294 g/mol. The number of phenols is 1. The number of fused-ring (bicyclic) bond motifs is 1. The minimum Gasteiger partial charge on any atom is -0.507 e. The van der Waals surface area contributed by atoms with Crippen molar-refractivity contribution in [2.45, 2.75) is 18.9 Å². The van der Waals surface area contributed by atoms with Gasteiger partial charge in [-0.1, -0.05) is 0 Å².